The lowest BCUT2D eigenvalue weighted by Gasteiger charge is -2.15. The average molecular weight is 953 g/mol. The maximum atomic E-state index is 12.8. The first-order valence-corrected chi connectivity index (χ1v) is 21.3. The number of ether oxygens (including phenoxy) is 3. The van der Waals surface area contributed by atoms with Crippen molar-refractivity contribution in [2.75, 3.05) is 45.1 Å². The molecule has 0 unspecified atom stereocenters. The minimum absolute atomic E-state index is 0.196. The molecule has 0 fully saturated rings. The zero-order valence-corrected chi connectivity index (χ0v) is 37.9. The lowest BCUT2D eigenvalue weighted by Crippen LogP contribution is -2.15. The molecule has 0 radical (unpaired) electrons. The summed E-state index contributed by atoms with van der Waals surface area (Å²) in [6, 6.07) is 28.6. The summed E-state index contributed by atoms with van der Waals surface area (Å²) in [5.41, 5.74) is 9.74. The Labute approximate surface area is 392 Å². The van der Waals surface area contributed by atoms with Crippen LogP contribution >= 0.6 is 0 Å². The fourth-order valence-electron chi connectivity index (χ4n) is 7.83. The van der Waals surface area contributed by atoms with Crippen molar-refractivity contribution in [1.29, 1.82) is 0 Å². The normalized spacial score (nSPS) is 11.5. The molecule has 0 bridgehead atoms. The van der Waals surface area contributed by atoms with E-state index < -0.39 is 37.1 Å². The van der Waals surface area contributed by atoms with Gasteiger partial charge in [0.15, 0.2) is 11.3 Å². The summed E-state index contributed by atoms with van der Waals surface area (Å²) < 4.78 is 96.0. The summed E-state index contributed by atoms with van der Waals surface area (Å²) in [6.45, 7) is 2.93. The minimum atomic E-state index is -4.28. The monoisotopic (exact) mass is 952 g/mol. The lowest BCUT2D eigenvalue weighted by molar-refractivity contribution is -0.132. The van der Waals surface area contributed by atoms with Crippen LogP contribution in [0.15, 0.2) is 122 Å². The van der Waals surface area contributed by atoms with Crippen LogP contribution in [0, 0.1) is 13.8 Å². The van der Waals surface area contributed by atoms with E-state index in [-0.39, 0.29) is 18.7 Å². The quantitative estimate of drug-likeness (QED) is 0.0713. The molecule has 8 aromatic rings. The zero-order valence-electron chi connectivity index (χ0n) is 37.9. The first kappa shape index (κ1) is 48.9. The van der Waals surface area contributed by atoms with E-state index in [4.69, 9.17) is 14.2 Å². The van der Waals surface area contributed by atoms with Gasteiger partial charge in [0.2, 0.25) is 0 Å². The number of benzene rings is 4. The number of nitrogens with zero attached hydrogens (tertiary/aromatic N) is 4. The number of alkyl halides is 6. The number of methoxy groups -OCH3 is 3. The number of carboxylic acid groups (broad SMARTS) is 1. The standard InChI is InChI=1S/C26H24F3N3O3.C25H22F3N3O3/c1-16-12-17(8-9-19(16)25(33)35-3)22-14-31-24-21(30-11-10-26(27,28)29)13-18(15-32(22)24)20-6-4-5-7-23(20)34-2;1-15-11-16(7-8-18(15)24(32)33)21-13-30-23-20(29-10-9-25(26,27)28)12-17(14-31(21)23)19-5-3-4-6-22(19)34-2/h4-9,12-15,30H,10-11H2,1-3H3;3-8,11-14,29H,9-10H2,1-2H3,(H,32,33). The van der Waals surface area contributed by atoms with Gasteiger partial charge in [0.05, 0.1) is 80.5 Å². The molecular weight excluding hydrogens is 907 g/mol. The van der Waals surface area contributed by atoms with Crippen LogP contribution in [-0.4, -0.2) is 82.6 Å². The third kappa shape index (κ3) is 11.2. The van der Waals surface area contributed by atoms with E-state index in [0.717, 1.165) is 44.6 Å². The third-order valence-corrected chi connectivity index (χ3v) is 11.2. The number of para-hydroxylation sites is 2. The van der Waals surface area contributed by atoms with Crippen molar-refractivity contribution in [2.45, 2.75) is 39.0 Å². The molecule has 358 valence electrons. The van der Waals surface area contributed by atoms with Crippen LogP contribution in [0.3, 0.4) is 0 Å². The van der Waals surface area contributed by atoms with Gasteiger partial charge in [0.1, 0.15) is 11.5 Å². The zero-order chi connectivity index (χ0) is 49.6. The molecule has 18 heteroatoms. The van der Waals surface area contributed by atoms with Crippen molar-refractivity contribution in [3.63, 3.8) is 0 Å². The van der Waals surface area contributed by atoms with Gasteiger partial charge in [-0.2, -0.15) is 26.3 Å². The number of hydrogen-bond acceptors (Lipinski definition) is 9. The van der Waals surface area contributed by atoms with Crippen LogP contribution in [0.5, 0.6) is 11.5 Å². The summed E-state index contributed by atoms with van der Waals surface area (Å²) in [5.74, 6) is -0.196. The number of esters is 1. The van der Waals surface area contributed by atoms with Crippen molar-refractivity contribution in [2.24, 2.45) is 0 Å². The molecule has 0 aliphatic carbocycles. The Morgan fingerprint density at radius 3 is 1.39 bits per heavy atom. The van der Waals surface area contributed by atoms with Crippen molar-refractivity contribution in [3.8, 4) is 56.3 Å². The largest absolute Gasteiger partial charge is 0.496 e. The fourth-order valence-corrected chi connectivity index (χ4v) is 7.83. The van der Waals surface area contributed by atoms with Crippen molar-refractivity contribution >= 4 is 34.6 Å². The summed E-state index contributed by atoms with van der Waals surface area (Å²) in [7, 11) is 4.44. The van der Waals surface area contributed by atoms with E-state index in [0.29, 0.717) is 51.0 Å². The number of carboxylic acids is 1. The van der Waals surface area contributed by atoms with Gasteiger partial charge < -0.3 is 30.0 Å². The van der Waals surface area contributed by atoms with Gasteiger partial charge in [-0.05, 0) is 73.5 Å². The highest BCUT2D eigenvalue weighted by Crippen LogP contribution is 2.37. The molecule has 0 aliphatic heterocycles. The Balaban J connectivity index is 0.000000204. The molecule has 0 amide bonds. The number of anilines is 2. The summed E-state index contributed by atoms with van der Waals surface area (Å²) >= 11 is 0. The average Bonchev–Trinajstić information content (AvgIpc) is 3.96. The predicted molar refractivity (Wildman–Crippen MR) is 251 cm³/mol. The SMILES string of the molecule is COC(=O)c1ccc(-c2cnc3c(NCCC(F)(F)F)cc(-c4ccccc4OC)cn23)cc1C.COc1ccccc1-c1cc(NCCC(F)(F)F)c2ncc(-c3ccc(C(=O)O)c(C)c3)n2c1. The maximum absolute atomic E-state index is 12.8. The van der Waals surface area contributed by atoms with E-state index in [2.05, 4.69) is 20.6 Å². The summed E-state index contributed by atoms with van der Waals surface area (Å²) in [5, 5.41) is 15.1. The topological polar surface area (TPSA) is 141 Å². The van der Waals surface area contributed by atoms with Gasteiger partial charge in [0, 0.05) is 58.9 Å². The molecule has 4 aromatic heterocycles. The fraction of sp³-hybridized carbons (Fsp3) is 0.216. The molecular formula is C51H46F6N6O6. The molecule has 0 aliphatic rings. The third-order valence-electron chi connectivity index (χ3n) is 11.2. The van der Waals surface area contributed by atoms with Crippen LogP contribution in [0.25, 0.3) is 56.1 Å². The number of hydrogen-bond donors (Lipinski definition) is 3. The highest BCUT2D eigenvalue weighted by Gasteiger charge is 2.28. The van der Waals surface area contributed by atoms with E-state index in [1.54, 1.807) is 80.4 Å². The predicted octanol–water partition coefficient (Wildman–Crippen LogP) is 12.2. The van der Waals surface area contributed by atoms with Crippen LogP contribution < -0.4 is 20.1 Å². The number of aromatic carboxylic acids is 1. The lowest BCUT2D eigenvalue weighted by atomic mass is 10.0. The Bertz CT molecular complexity index is 3160. The second kappa shape index (κ2) is 20.5. The van der Waals surface area contributed by atoms with Gasteiger partial charge in [-0.25, -0.2) is 19.6 Å². The van der Waals surface area contributed by atoms with E-state index >= 15 is 0 Å². The minimum Gasteiger partial charge on any atom is -0.496 e. The van der Waals surface area contributed by atoms with Crippen molar-refractivity contribution < 1.29 is 55.2 Å². The van der Waals surface area contributed by atoms with Crippen molar-refractivity contribution in [1.82, 2.24) is 18.8 Å². The molecule has 0 saturated carbocycles. The number of halogens is 6. The number of pyridine rings is 2. The number of fused-ring (bicyclic) bond motifs is 2. The molecule has 4 heterocycles. The van der Waals surface area contributed by atoms with Crippen LogP contribution in [0.1, 0.15) is 44.7 Å². The number of rotatable bonds is 14. The number of aryl methyl sites for hydroxylation is 2. The maximum Gasteiger partial charge on any atom is 0.390 e. The molecule has 0 spiro atoms. The summed E-state index contributed by atoms with van der Waals surface area (Å²) in [6.07, 6.45) is -3.54. The Morgan fingerprint density at radius 2 is 1.01 bits per heavy atom. The number of carbonyl (C=O) groups is 2. The molecule has 4 aromatic carbocycles. The van der Waals surface area contributed by atoms with Gasteiger partial charge >= 0.3 is 24.3 Å². The van der Waals surface area contributed by atoms with E-state index in [9.17, 15) is 41.0 Å². The highest BCUT2D eigenvalue weighted by molar-refractivity contribution is 5.92. The molecule has 12 nitrogen and oxygen atoms in total. The first-order valence-electron chi connectivity index (χ1n) is 21.3. The number of aromatic nitrogens is 4. The Kier molecular flexibility index (Phi) is 14.5. The van der Waals surface area contributed by atoms with Gasteiger partial charge in [-0.1, -0.05) is 48.5 Å². The van der Waals surface area contributed by atoms with Crippen LogP contribution in [0.2, 0.25) is 0 Å². The molecule has 0 saturated heterocycles. The van der Waals surface area contributed by atoms with Crippen LogP contribution in [0.4, 0.5) is 37.7 Å². The molecule has 3 N–H and O–H groups in total. The van der Waals surface area contributed by atoms with Crippen molar-refractivity contribution in [3.05, 3.63) is 144 Å². The van der Waals surface area contributed by atoms with Gasteiger partial charge in [-0.15, -0.1) is 0 Å². The number of nitrogens with one attached hydrogen (secondary N) is 2. The highest BCUT2D eigenvalue weighted by atomic mass is 19.4. The Hall–Kier alpha value is -8.02. The molecule has 0 atom stereocenters. The summed E-state index contributed by atoms with van der Waals surface area (Å²) in [4.78, 5) is 32.3. The first-order chi connectivity index (χ1) is 32.9. The second-order valence-corrected chi connectivity index (χ2v) is 15.8. The number of carbonyl (C=O) groups excluding carboxylic acids is 1. The van der Waals surface area contributed by atoms with E-state index in [1.807, 2.05) is 72.2 Å². The van der Waals surface area contributed by atoms with Gasteiger partial charge in [-0.3, -0.25) is 8.80 Å². The molecule has 69 heavy (non-hydrogen) atoms. The van der Waals surface area contributed by atoms with Gasteiger partial charge in [0.25, 0.3) is 0 Å². The van der Waals surface area contributed by atoms with E-state index in [1.165, 1.54) is 13.2 Å². The Morgan fingerprint density at radius 1 is 0.594 bits per heavy atom. The smallest absolute Gasteiger partial charge is 0.390 e. The second-order valence-electron chi connectivity index (χ2n) is 15.8. The molecule has 8 rings (SSSR count). The number of imidazole rings is 2. The van der Waals surface area contributed by atoms with Crippen LogP contribution in [-0.2, 0) is 4.74 Å².